The molecule has 0 aliphatic heterocycles. The summed E-state index contributed by atoms with van der Waals surface area (Å²) in [6, 6.07) is 23.4. The van der Waals surface area contributed by atoms with Crippen LogP contribution in [0.25, 0.3) is 11.6 Å². The van der Waals surface area contributed by atoms with Crippen molar-refractivity contribution in [3.8, 4) is 5.75 Å². The topological polar surface area (TPSA) is 9.23 Å². The van der Waals surface area contributed by atoms with Gasteiger partial charge in [0, 0.05) is 0 Å². The van der Waals surface area contributed by atoms with Gasteiger partial charge in [-0.05, 0) is 84.6 Å². The molecule has 0 atom stereocenters. The summed E-state index contributed by atoms with van der Waals surface area (Å²) in [6.07, 6.45) is 15.3. The van der Waals surface area contributed by atoms with Gasteiger partial charge in [0.05, 0.1) is 7.11 Å². The molecular formula is C37H50O. The molecule has 0 heterocycles. The van der Waals surface area contributed by atoms with E-state index in [1.165, 1.54) is 64.6 Å². The Morgan fingerprint density at radius 2 is 1.47 bits per heavy atom. The number of aryl methyl sites for hydroxylation is 3. The second-order valence-corrected chi connectivity index (χ2v) is 9.34. The van der Waals surface area contributed by atoms with E-state index >= 15 is 0 Å². The van der Waals surface area contributed by atoms with E-state index in [4.69, 9.17) is 4.74 Å². The monoisotopic (exact) mass is 510 g/mol. The fraction of sp³-hybridized carbons (Fsp3) is 0.351. The smallest absolute Gasteiger partial charge is 0.122 e. The highest BCUT2D eigenvalue weighted by atomic mass is 16.5. The highest BCUT2D eigenvalue weighted by Crippen LogP contribution is 2.25. The van der Waals surface area contributed by atoms with Crippen molar-refractivity contribution in [1.29, 1.82) is 0 Å². The minimum Gasteiger partial charge on any atom is -0.496 e. The van der Waals surface area contributed by atoms with Gasteiger partial charge in [-0.2, -0.15) is 0 Å². The molecule has 0 saturated carbocycles. The van der Waals surface area contributed by atoms with Gasteiger partial charge in [0.1, 0.15) is 5.75 Å². The summed E-state index contributed by atoms with van der Waals surface area (Å²) in [6.45, 7) is 16.7. The van der Waals surface area contributed by atoms with Crippen molar-refractivity contribution in [1.82, 2.24) is 0 Å². The van der Waals surface area contributed by atoms with Gasteiger partial charge in [-0.3, -0.25) is 0 Å². The van der Waals surface area contributed by atoms with Gasteiger partial charge in [0.25, 0.3) is 0 Å². The molecule has 0 aliphatic carbocycles. The molecule has 0 aliphatic rings. The number of rotatable bonds is 10. The van der Waals surface area contributed by atoms with Crippen molar-refractivity contribution in [3.05, 3.63) is 125 Å². The van der Waals surface area contributed by atoms with Crippen LogP contribution in [0.2, 0.25) is 0 Å². The maximum absolute atomic E-state index is 5.26. The van der Waals surface area contributed by atoms with E-state index in [-0.39, 0.29) is 0 Å². The molecule has 204 valence electrons. The highest BCUT2D eigenvalue weighted by molar-refractivity contribution is 5.65. The molecule has 0 amide bonds. The van der Waals surface area contributed by atoms with Crippen LogP contribution in [-0.4, -0.2) is 7.11 Å². The van der Waals surface area contributed by atoms with Gasteiger partial charge in [-0.25, -0.2) is 0 Å². The van der Waals surface area contributed by atoms with Crippen LogP contribution in [0.4, 0.5) is 0 Å². The molecule has 0 N–H and O–H groups in total. The molecule has 3 rings (SSSR count). The fourth-order valence-corrected chi connectivity index (χ4v) is 4.43. The predicted molar refractivity (Wildman–Crippen MR) is 171 cm³/mol. The molecule has 0 radical (unpaired) electrons. The Hall–Kier alpha value is -3.32. The van der Waals surface area contributed by atoms with Crippen LogP contribution in [0, 0.1) is 13.8 Å². The van der Waals surface area contributed by atoms with Crippen molar-refractivity contribution in [3.63, 3.8) is 0 Å². The highest BCUT2D eigenvalue weighted by Gasteiger charge is 2.04. The van der Waals surface area contributed by atoms with Gasteiger partial charge in [-0.1, -0.05) is 132 Å². The molecule has 0 bridgehead atoms. The van der Waals surface area contributed by atoms with E-state index < -0.39 is 0 Å². The summed E-state index contributed by atoms with van der Waals surface area (Å²) in [5, 5.41) is 0. The molecule has 1 nitrogen and oxygen atoms in total. The number of hydrogen-bond acceptors (Lipinski definition) is 1. The molecule has 3 aromatic carbocycles. The third-order valence-corrected chi connectivity index (χ3v) is 6.44. The van der Waals surface area contributed by atoms with Crippen molar-refractivity contribution >= 4 is 11.6 Å². The Morgan fingerprint density at radius 1 is 0.816 bits per heavy atom. The predicted octanol–water partition coefficient (Wildman–Crippen LogP) is 11.0. The number of ether oxygens (including phenoxy) is 1. The largest absolute Gasteiger partial charge is 0.496 e. The van der Waals surface area contributed by atoms with Crippen molar-refractivity contribution in [2.75, 3.05) is 7.11 Å². The molecule has 1 heteroatoms. The van der Waals surface area contributed by atoms with E-state index in [2.05, 4.69) is 121 Å². The van der Waals surface area contributed by atoms with Crippen LogP contribution in [0.1, 0.15) is 86.8 Å². The van der Waals surface area contributed by atoms with Gasteiger partial charge < -0.3 is 4.74 Å². The standard InChI is InChI=1S/C13H16O.C13H18.C11H16/c1-5-6-7-12-10(2)8-9-13(14-4)11(12)3;1-3-8-12(9-4-2)13-10-6-5-7-11-13;1-3-7-11-9-6-5-8-10(11)4-2/h5-9H,1H2,2-4H3;5-8,10-11H,3-4,9H2,1-2H3;5-6,8-9H,3-4,7H2,1-2H3/b7-6-;12-8+;. The SMILES string of the molecule is C=C/C=C\c1c(C)ccc(OC)c1C.CC/C=C(\CCC)c1ccccc1.CCCc1ccccc1CC. The van der Waals surface area contributed by atoms with Gasteiger partial charge in [0.15, 0.2) is 0 Å². The number of hydrogen-bond donors (Lipinski definition) is 0. The molecule has 3 aromatic rings. The van der Waals surface area contributed by atoms with Crippen LogP contribution < -0.4 is 4.74 Å². The van der Waals surface area contributed by atoms with Crippen LogP contribution in [0.3, 0.4) is 0 Å². The Kier molecular flexibility index (Phi) is 17.0. The zero-order valence-corrected chi connectivity index (χ0v) is 25.0. The summed E-state index contributed by atoms with van der Waals surface area (Å²) in [4.78, 5) is 0. The first-order chi connectivity index (χ1) is 18.5. The molecular weight excluding hydrogens is 460 g/mol. The zero-order chi connectivity index (χ0) is 28.2. The van der Waals surface area contributed by atoms with E-state index in [9.17, 15) is 0 Å². The van der Waals surface area contributed by atoms with E-state index in [0.29, 0.717) is 0 Å². The Balaban J connectivity index is 0.000000287. The summed E-state index contributed by atoms with van der Waals surface area (Å²) in [5.74, 6) is 0.930. The number of benzene rings is 3. The summed E-state index contributed by atoms with van der Waals surface area (Å²) in [5.41, 5.74) is 9.54. The summed E-state index contributed by atoms with van der Waals surface area (Å²) >= 11 is 0. The molecule has 0 spiro atoms. The molecule has 0 unspecified atom stereocenters. The lowest BCUT2D eigenvalue weighted by atomic mass is 10.0. The third-order valence-electron chi connectivity index (χ3n) is 6.44. The van der Waals surface area contributed by atoms with Crippen LogP contribution in [0.15, 0.2) is 91.5 Å². The molecule has 0 fully saturated rings. The minimum absolute atomic E-state index is 0.930. The average molecular weight is 511 g/mol. The average Bonchev–Trinajstić information content (AvgIpc) is 2.95. The lowest BCUT2D eigenvalue weighted by Crippen LogP contribution is -1.92. The Morgan fingerprint density at radius 3 is 2.03 bits per heavy atom. The third kappa shape index (κ3) is 11.4. The number of allylic oxidation sites excluding steroid dienone is 4. The van der Waals surface area contributed by atoms with Crippen LogP contribution in [0.5, 0.6) is 5.75 Å². The normalized spacial score (nSPS) is 10.8. The molecule has 0 saturated heterocycles. The molecule has 38 heavy (non-hydrogen) atoms. The quantitative estimate of drug-likeness (QED) is 0.246. The van der Waals surface area contributed by atoms with Gasteiger partial charge in [-0.15, -0.1) is 0 Å². The van der Waals surface area contributed by atoms with Crippen LogP contribution in [-0.2, 0) is 12.8 Å². The lowest BCUT2D eigenvalue weighted by Gasteiger charge is -2.10. The maximum Gasteiger partial charge on any atom is 0.122 e. The van der Waals surface area contributed by atoms with Crippen molar-refractivity contribution in [2.24, 2.45) is 0 Å². The Bertz CT molecular complexity index is 1120. The zero-order valence-electron chi connectivity index (χ0n) is 25.0. The van der Waals surface area contributed by atoms with Gasteiger partial charge in [0.2, 0.25) is 0 Å². The molecule has 0 aromatic heterocycles. The first-order valence-electron chi connectivity index (χ1n) is 14.2. The second-order valence-electron chi connectivity index (χ2n) is 9.34. The number of methoxy groups -OCH3 is 1. The first-order valence-corrected chi connectivity index (χ1v) is 14.2. The maximum atomic E-state index is 5.26. The van der Waals surface area contributed by atoms with Crippen molar-refractivity contribution in [2.45, 2.75) is 80.1 Å². The Labute approximate surface area is 234 Å². The van der Waals surface area contributed by atoms with E-state index in [1.54, 1.807) is 13.2 Å². The van der Waals surface area contributed by atoms with Crippen LogP contribution >= 0.6 is 0 Å². The summed E-state index contributed by atoms with van der Waals surface area (Å²) < 4.78 is 5.26. The van der Waals surface area contributed by atoms with Gasteiger partial charge >= 0.3 is 0 Å². The fourth-order valence-electron chi connectivity index (χ4n) is 4.43. The lowest BCUT2D eigenvalue weighted by molar-refractivity contribution is 0.411. The van der Waals surface area contributed by atoms with Crippen molar-refractivity contribution < 1.29 is 4.74 Å². The minimum atomic E-state index is 0.930. The second kappa shape index (κ2) is 19.7. The van der Waals surface area contributed by atoms with E-state index in [1.807, 2.05) is 12.1 Å². The summed E-state index contributed by atoms with van der Waals surface area (Å²) in [7, 11) is 1.69. The first kappa shape index (κ1) is 32.7. The van der Waals surface area contributed by atoms with E-state index in [0.717, 1.165) is 18.6 Å².